The van der Waals surface area contributed by atoms with Gasteiger partial charge in [0.2, 0.25) is 10.0 Å². The highest BCUT2D eigenvalue weighted by Gasteiger charge is 2.15. The molecule has 0 bridgehead atoms. The first kappa shape index (κ1) is 17.9. The maximum atomic E-state index is 12.0. The Hall–Kier alpha value is -2.45. The van der Waals surface area contributed by atoms with Gasteiger partial charge in [-0.2, -0.15) is 0 Å². The highest BCUT2D eigenvalue weighted by Crippen LogP contribution is 2.14. The lowest BCUT2D eigenvalue weighted by molar-refractivity contribution is 0.251. The molecule has 24 heavy (non-hydrogen) atoms. The number of anilines is 1. The Morgan fingerprint density at radius 2 is 1.88 bits per heavy atom. The summed E-state index contributed by atoms with van der Waals surface area (Å²) in [5.74, 6) is 0. The van der Waals surface area contributed by atoms with E-state index in [1.165, 1.54) is 12.1 Å². The van der Waals surface area contributed by atoms with Gasteiger partial charge in [-0.1, -0.05) is 6.07 Å². The Kier molecular flexibility index (Phi) is 5.88. The summed E-state index contributed by atoms with van der Waals surface area (Å²) in [6.07, 6.45) is 3.33. The molecule has 1 aromatic heterocycles. The minimum Gasteiger partial charge on any atom is -0.334 e. The molecule has 0 aliphatic heterocycles. The number of nitrogens with one attached hydrogen (secondary N) is 3. The smallest absolute Gasteiger partial charge is 0.319 e. The quantitative estimate of drug-likeness (QED) is 0.744. The van der Waals surface area contributed by atoms with Crippen LogP contribution in [0.25, 0.3) is 0 Å². The van der Waals surface area contributed by atoms with Crippen molar-refractivity contribution in [1.29, 1.82) is 0 Å². The van der Waals surface area contributed by atoms with Gasteiger partial charge in [0.15, 0.2) is 0 Å². The van der Waals surface area contributed by atoms with Crippen LogP contribution in [0.4, 0.5) is 10.5 Å². The highest BCUT2D eigenvalue weighted by atomic mass is 32.2. The zero-order valence-electron chi connectivity index (χ0n) is 13.5. The number of urea groups is 1. The fraction of sp³-hybridized carbons (Fsp3) is 0.250. The van der Waals surface area contributed by atoms with Crippen molar-refractivity contribution in [3.8, 4) is 0 Å². The molecule has 0 radical (unpaired) electrons. The van der Waals surface area contributed by atoms with Gasteiger partial charge in [0.05, 0.1) is 4.90 Å². The van der Waals surface area contributed by atoms with E-state index in [2.05, 4.69) is 20.3 Å². The lowest BCUT2D eigenvalue weighted by Gasteiger charge is -2.11. The molecule has 1 aromatic carbocycles. The van der Waals surface area contributed by atoms with E-state index in [0.717, 1.165) is 5.56 Å². The van der Waals surface area contributed by atoms with Crippen LogP contribution in [0, 0.1) is 0 Å². The van der Waals surface area contributed by atoms with E-state index in [9.17, 15) is 13.2 Å². The zero-order chi connectivity index (χ0) is 17.6. The van der Waals surface area contributed by atoms with Gasteiger partial charge in [-0.25, -0.2) is 17.9 Å². The number of carbonyl (C=O) groups excluding carboxylic acids is 1. The molecule has 7 nitrogen and oxygen atoms in total. The van der Waals surface area contributed by atoms with Crippen LogP contribution < -0.4 is 15.4 Å². The summed E-state index contributed by atoms with van der Waals surface area (Å²) >= 11 is 0. The van der Waals surface area contributed by atoms with Crippen molar-refractivity contribution in [1.82, 2.24) is 15.0 Å². The molecule has 0 spiro atoms. The second kappa shape index (κ2) is 7.89. The largest absolute Gasteiger partial charge is 0.334 e. The standard InChI is InChI=1S/C16H20N4O3S/c1-12(2)20-24(22,23)15-7-5-14(6-8-15)19-16(21)18-11-13-4-3-9-17-10-13/h3-10,12,20H,11H2,1-2H3,(H2,18,19,21). The summed E-state index contributed by atoms with van der Waals surface area (Å²) in [4.78, 5) is 16.0. The maximum absolute atomic E-state index is 12.0. The van der Waals surface area contributed by atoms with E-state index in [1.54, 1.807) is 44.4 Å². The number of hydrogen-bond donors (Lipinski definition) is 3. The molecule has 0 aliphatic rings. The minimum absolute atomic E-state index is 0.150. The molecule has 2 amide bonds. The number of carbonyl (C=O) groups is 1. The number of nitrogens with zero attached hydrogens (tertiary/aromatic N) is 1. The van der Waals surface area contributed by atoms with Crippen molar-refractivity contribution in [3.05, 3.63) is 54.4 Å². The SMILES string of the molecule is CC(C)NS(=O)(=O)c1ccc(NC(=O)NCc2cccnc2)cc1. The Balaban J connectivity index is 1.92. The lowest BCUT2D eigenvalue weighted by atomic mass is 10.3. The predicted molar refractivity (Wildman–Crippen MR) is 92.0 cm³/mol. The summed E-state index contributed by atoms with van der Waals surface area (Å²) in [6.45, 7) is 3.85. The van der Waals surface area contributed by atoms with Crippen molar-refractivity contribution in [3.63, 3.8) is 0 Å². The summed E-state index contributed by atoms with van der Waals surface area (Å²) in [5, 5.41) is 5.34. The summed E-state index contributed by atoms with van der Waals surface area (Å²) in [5.41, 5.74) is 1.39. The zero-order valence-corrected chi connectivity index (χ0v) is 14.3. The van der Waals surface area contributed by atoms with E-state index in [4.69, 9.17) is 0 Å². The summed E-state index contributed by atoms with van der Waals surface area (Å²) < 4.78 is 26.5. The predicted octanol–water partition coefficient (Wildman–Crippen LogP) is 2.09. The lowest BCUT2D eigenvalue weighted by Crippen LogP contribution is -2.30. The molecular weight excluding hydrogens is 328 g/mol. The molecule has 0 aliphatic carbocycles. The first-order valence-electron chi connectivity index (χ1n) is 7.43. The van der Waals surface area contributed by atoms with E-state index >= 15 is 0 Å². The third-order valence-corrected chi connectivity index (χ3v) is 4.66. The third-order valence-electron chi connectivity index (χ3n) is 2.99. The highest BCUT2D eigenvalue weighted by molar-refractivity contribution is 7.89. The van der Waals surface area contributed by atoms with Crippen LogP contribution in [0.15, 0.2) is 53.7 Å². The molecule has 8 heteroatoms. The average Bonchev–Trinajstić information content (AvgIpc) is 2.53. The second-order valence-electron chi connectivity index (χ2n) is 5.47. The van der Waals surface area contributed by atoms with Gasteiger partial charge < -0.3 is 10.6 Å². The van der Waals surface area contributed by atoms with Gasteiger partial charge in [-0.15, -0.1) is 0 Å². The topological polar surface area (TPSA) is 100 Å². The fourth-order valence-corrected chi connectivity index (χ4v) is 3.21. The van der Waals surface area contributed by atoms with E-state index in [0.29, 0.717) is 12.2 Å². The molecular formula is C16H20N4O3S. The molecule has 0 saturated heterocycles. The Morgan fingerprint density at radius 1 is 1.17 bits per heavy atom. The molecule has 2 rings (SSSR count). The molecule has 3 N–H and O–H groups in total. The van der Waals surface area contributed by atoms with Gasteiger partial charge in [-0.3, -0.25) is 4.98 Å². The molecule has 0 unspecified atom stereocenters. The van der Waals surface area contributed by atoms with Gasteiger partial charge in [0.1, 0.15) is 0 Å². The van der Waals surface area contributed by atoms with Crippen LogP contribution in [0.2, 0.25) is 0 Å². The Labute approximate surface area is 141 Å². The number of pyridine rings is 1. The monoisotopic (exact) mass is 348 g/mol. The van der Waals surface area contributed by atoms with Gasteiger partial charge in [0, 0.05) is 30.7 Å². The van der Waals surface area contributed by atoms with E-state index in [-0.39, 0.29) is 17.0 Å². The van der Waals surface area contributed by atoms with Crippen LogP contribution in [0.1, 0.15) is 19.4 Å². The van der Waals surface area contributed by atoms with Crippen molar-refractivity contribution in [2.45, 2.75) is 31.3 Å². The van der Waals surface area contributed by atoms with Crippen LogP contribution in [0.3, 0.4) is 0 Å². The molecule has 1 heterocycles. The van der Waals surface area contributed by atoms with Gasteiger partial charge >= 0.3 is 6.03 Å². The normalized spacial score (nSPS) is 11.3. The molecule has 0 fully saturated rings. The molecule has 0 atom stereocenters. The van der Waals surface area contributed by atoms with Crippen molar-refractivity contribution in [2.24, 2.45) is 0 Å². The van der Waals surface area contributed by atoms with Crippen molar-refractivity contribution in [2.75, 3.05) is 5.32 Å². The van der Waals surface area contributed by atoms with Crippen LogP contribution >= 0.6 is 0 Å². The average molecular weight is 348 g/mol. The third kappa shape index (κ3) is 5.32. The van der Waals surface area contributed by atoms with Crippen LogP contribution in [0.5, 0.6) is 0 Å². The van der Waals surface area contributed by atoms with E-state index < -0.39 is 10.0 Å². The first-order valence-corrected chi connectivity index (χ1v) is 8.91. The number of aromatic nitrogens is 1. The number of hydrogen-bond acceptors (Lipinski definition) is 4. The molecule has 128 valence electrons. The minimum atomic E-state index is -3.54. The Bertz CT molecular complexity index is 775. The summed E-state index contributed by atoms with van der Waals surface area (Å²) in [6, 6.07) is 9.05. The van der Waals surface area contributed by atoms with Crippen molar-refractivity contribution >= 4 is 21.7 Å². The van der Waals surface area contributed by atoms with Gasteiger partial charge in [-0.05, 0) is 49.7 Å². The Morgan fingerprint density at radius 3 is 2.46 bits per heavy atom. The molecule has 2 aromatic rings. The van der Waals surface area contributed by atoms with Crippen molar-refractivity contribution < 1.29 is 13.2 Å². The van der Waals surface area contributed by atoms with E-state index in [1.807, 2.05) is 6.07 Å². The van der Waals surface area contributed by atoms with Gasteiger partial charge in [0.25, 0.3) is 0 Å². The number of sulfonamides is 1. The van der Waals surface area contributed by atoms with Crippen LogP contribution in [-0.4, -0.2) is 25.5 Å². The first-order chi connectivity index (χ1) is 11.4. The molecule has 0 saturated carbocycles. The number of amides is 2. The fourth-order valence-electron chi connectivity index (χ4n) is 1.96. The number of benzene rings is 1. The number of rotatable bonds is 6. The second-order valence-corrected chi connectivity index (χ2v) is 7.18. The van der Waals surface area contributed by atoms with Crippen LogP contribution in [-0.2, 0) is 16.6 Å². The summed E-state index contributed by atoms with van der Waals surface area (Å²) in [7, 11) is -3.54. The maximum Gasteiger partial charge on any atom is 0.319 e.